The molecule has 4 aromatic rings. The summed E-state index contributed by atoms with van der Waals surface area (Å²) in [6.07, 6.45) is 5.33. The predicted molar refractivity (Wildman–Crippen MR) is 118 cm³/mol. The molecule has 7 heteroatoms. The summed E-state index contributed by atoms with van der Waals surface area (Å²) >= 11 is 0. The van der Waals surface area contributed by atoms with Gasteiger partial charge in [0.2, 0.25) is 5.82 Å². The van der Waals surface area contributed by atoms with Crippen molar-refractivity contribution >= 4 is 23.2 Å². The van der Waals surface area contributed by atoms with Crippen molar-refractivity contribution in [2.75, 3.05) is 5.43 Å². The van der Waals surface area contributed by atoms with Gasteiger partial charge in [-0.15, -0.1) is 6.58 Å². The minimum atomic E-state index is -0.380. The monoisotopic (exact) mass is 397 g/mol. The van der Waals surface area contributed by atoms with Crippen molar-refractivity contribution in [1.82, 2.24) is 14.5 Å². The fourth-order valence-corrected chi connectivity index (χ4v) is 3.11. The Bertz CT molecular complexity index is 1300. The molecule has 0 radical (unpaired) electrons. The third kappa shape index (κ3) is 3.68. The van der Waals surface area contributed by atoms with Crippen LogP contribution in [0.1, 0.15) is 11.1 Å². The molecule has 2 N–H and O–H groups in total. The second-order valence-corrected chi connectivity index (χ2v) is 6.50. The van der Waals surface area contributed by atoms with Gasteiger partial charge in [0.1, 0.15) is 11.3 Å². The summed E-state index contributed by atoms with van der Waals surface area (Å²) in [7, 11) is 0. The van der Waals surface area contributed by atoms with Crippen LogP contribution in [-0.4, -0.2) is 25.9 Å². The van der Waals surface area contributed by atoms with E-state index in [2.05, 4.69) is 27.1 Å². The highest BCUT2D eigenvalue weighted by molar-refractivity contribution is 5.84. The average Bonchev–Trinajstić information content (AvgIpc) is 2.77. The summed E-state index contributed by atoms with van der Waals surface area (Å²) in [5, 5.41) is 14.5. The van der Waals surface area contributed by atoms with Gasteiger partial charge in [-0.2, -0.15) is 5.10 Å². The Morgan fingerprint density at radius 3 is 2.73 bits per heavy atom. The van der Waals surface area contributed by atoms with Gasteiger partial charge in [-0.1, -0.05) is 36.4 Å². The van der Waals surface area contributed by atoms with Gasteiger partial charge in [0.15, 0.2) is 5.65 Å². The van der Waals surface area contributed by atoms with E-state index in [0.717, 1.165) is 5.56 Å². The smallest absolute Gasteiger partial charge is 0.301 e. The molecule has 0 aliphatic rings. The molecule has 0 bridgehead atoms. The van der Waals surface area contributed by atoms with E-state index in [4.69, 9.17) is 0 Å². The summed E-state index contributed by atoms with van der Waals surface area (Å²) < 4.78 is 1.49. The van der Waals surface area contributed by atoms with E-state index in [0.29, 0.717) is 28.8 Å². The van der Waals surface area contributed by atoms with Gasteiger partial charge in [-0.25, -0.2) is 9.97 Å². The van der Waals surface area contributed by atoms with Crippen molar-refractivity contribution in [3.05, 3.63) is 101 Å². The van der Waals surface area contributed by atoms with Crippen LogP contribution in [0.3, 0.4) is 0 Å². The van der Waals surface area contributed by atoms with Gasteiger partial charge in [0.25, 0.3) is 0 Å². The normalized spacial score (nSPS) is 11.1. The number of aromatic nitrogens is 3. The maximum absolute atomic E-state index is 13.1. The van der Waals surface area contributed by atoms with Crippen LogP contribution in [0, 0.1) is 0 Å². The third-order valence-electron chi connectivity index (χ3n) is 4.52. The summed E-state index contributed by atoms with van der Waals surface area (Å²) in [4.78, 5) is 21.8. The topological polar surface area (TPSA) is 92.4 Å². The quantitative estimate of drug-likeness (QED) is 0.294. The molecule has 2 aromatic heterocycles. The highest BCUT2D eigenvalue weighted by atomic mass is 16.3. The van der Waals surface area contributed by atoms with Crippen LogP contribution in [0.5, 0.6) is 5.75 Å². The van der Waals surface area contributed by atoms with Gasteiger partial charge in [-0.05, 0) is 42.3 Å². The maximum Gasteiger partial charge on any atom is 0.301 e. The molecule has 7 nitrogen and oxygen atoms in total. The fourth-order valence-electron chi connectivity index (χ4n) is 3.11. The Hall–Kier alpha value is -4.26. The van der Waals surface area contributed by atoms with Crippen molar-refractivity contribution in [2.45, 2.75) is 6.42 Å². The lowest BCUT2D eigenvalue weighted by Gasteiger charge is -2.11. The molecule has 0 aliphatic carbocycles. The molecule has 0 amide bonds. The molecule has 0 aliphatic heterocycles. The number of nitrogens with one attached hydrogen (secondary N) is 1. The number of pyridine rings is 1. The van der Waals surface area contributed by atoms with Crippen molar-refractivity contribution in [3.63, 3.8) is 0 Å². The van der Waals surface area contributed by atoms with Gasteiger partial charge in [0.05, 0.1) is 11.9 Å². The molecule has 0 atom stereocenters. The Kier molecular flexibility index (Phi) is 5.34. The van der Waals surface area contributed by atoms with Crippen LogP contribution in [-0.2, 0) is 6.42 Å². The lowest BCUT2D eigenvalue weighted by molar-refractivity contribution is 0.469. The number of benzene rings is 2. The van der Waals surface area contributed by atoms with Gasteiger partial charge in [-0.3, -0.25) is 14.8 Å². The number of hydrogen-bond acceptors (Lipinski definition) is 6. The number of phenolic OH excluding ortho intramolecular Hbond substituents is 1. The molecular formula is C23H19N5O2. The first-order valence-corrected chi connectivity index (χ1v) is 9.33. The maximum atomic E-state index is 13.1. The summed E-state index contributed by atoms with van der Waals surface area (Å²) in [5.74, 6) is 0.178. The molecule has 0 fully saturated rings. The summed E-state index contributed by atoms with van der Waals surface area (Å²) in [5.41, 5.74) is 5.28. The zero-order chi connectivity index (χ0) is 20.9. The number of aromatic hydroxyl groups is 1. The first kappa shape index (κ1) is 19.1. The van der Waals surface area contributed by atoms with Crippen molar-refractivity contribution in [2.24, 2.45) is 5.10 Å². The number of allylic oxidation sites excluding steroid dienone is 1. The molecule has 2 aromatic carbocycles. The minimum absolute atomic E-state index is 0.0531. The van der Waals surface area contributed by atoms with E-state index in [9.17, 15) is 9.90 Å². The van der Waals surface area contributed by atoms with Crippen molar-refractivity contribution < 1.29 is 5.11 Å². The molecular weight excluding hydrogens is 378 g/mol. The zero-order valence-electron chi connectivity index (χ0n) is 16.1. The summed E-state index contributed by atoms with van der Waals surface area (Å²) in [6, 6.07) is 18.1. The Balaban J connectivity index is 1.73. The number of phenols is 1. The zero-order valence-corrected chi connectivity index (χ0v) is 16.1. The van der Waals surface area contributed by atoms with Crippen LogP contribution < -0.4 is 11.0 Å². The second-order valence-electron chi connectivity index (χ2n) is 6.50. The van der Waals surface area contributed by atoms with E-state index in [1.54, 1.807) is 30.5 Å². The van der Waals surface area contributed by atoms with Crippen LogP contribution >= 0.6 is 0 Å². The van der Waals surface area contributed by atoms with Crippen LogP contribution in [0.2, 0.25) is 0 Å². The lowest BCUT2D eigenvalue weighted by atomic mass is 10.1. The Morgan fingerprint density at radius 1 is 1.10 bits per heavy atom. The molecule has 2 heterocycles. The molecule has 0 unspecified atom stereocenters. The van der Waals surface area contributed by atoms with Crippen molar-refractivity contribution in [3.8, 4) is 11.4 Å². The largest absolute Gasteiger partial charge is 0.507 e. The molecule has 30 heavy (non-hydrogen) atoms. The molecule has 0 saturated carbocycles. The number of rotatable bonds is 6. The predicted octanol–water partition coefficient (Wildman–Crippen LogP) is 3.66. The van der Waals surface area contributed by atoms with Crippen LogP contribution in [0.4, 0.5) is 5.82 Å². The third-order valence-corrected chi connectivity index (χ3v) is 4.52. The van der Waals surface area contributed by atoms with Crippen LogP contribution in [0.25, 0.3) is 16.9 Å². The Morgan fingerprint density at radius 2 is 1.93 bits per heavy atom. The van der Waals surface area contributed by atoms with Gasteiger partial charge < -0.3 is 5.11 Å². The van der Waals surface area contributed by atoms with E-state index in [1.165, 1.54) is 10.8 Å². The molecule has 0 saturated heterocycles. The van der Waals surface area contributed by atoms with E-state index in [-0.39, 0.29) is 17.1 Å². The number of nitrogens with zero attached hydrogens (tertiary/aromatic N) is 4. The molecule has 4 rings (SSSR count). The fraction of sp³-hybridized carbons (Fsp3) is 0.0435. The second kappa shape index (κ2) is 8.40. The number of anilines is 1. The van der Waals surface area contributed by atoms with E-state index >= 15 is 0 Å². The minimum Gasteiger partial charge on any atom is -0.507 e. The highest BCUT2D eigenvalue weighted by Crippen LogP contribution is 2.21. The van der Waals surface area contributed by atoms with Gasteiger partial charge >= 0.3 is 5.56 Å². The van der Waals surface area contributed by atoms with Crippen LogP contribution in [0.15, 0.2) is 89.4 Å². The molecule has 0 spiro atoms. The first-order chi connectivity index (χ1) is 14.7. The van der Waals surface area contributed by atoms with E-state index in [1.807, 2.05) is 42.5 Å². The number of hydrogen-bond donors (Lipinski definition) is 2. The van der Waals surface area contributed by atoms with Crippen molar-refractivity contribution in [1.29, 1.82) is 0 Å². The standard InChI is InChI=1S/C23H19N5O2/c1-2-8-16-9-6-10-17(20(16)29)15-25-27-21-23(30)28(18-11-4-3-5-12-18)22-19(26-21)13-7-14-24-22/h2-7,9-15,29H,1,8H2,(H,26,27)/b25-15+. The SMILES string of the molecule is C=CCc1cccc(/C=N/Nc2nc3cccnc3n(-c3ccccc3)c2=O)c1O. The number of para-hydroxylation sites is 2. The molecule has 148 valence electrons. The summed E-state index contributed by atoms with van der Waals surface area (Å²) in [6.45, 7) is 3.69. The number of hydrazone groups is 1. The first-order valence-electron chi connectivity index (χ1n) is 9.33. The number of fused-ring (bicyclic) bond motifs is 1. The van der Waals surface area contributed by atoms with E-state index < -0.39 is 0 Å². The Labute approximate surface area is 172 Å². The highest BCUT2D eigenvalue weighted by Gasteiger charge is 2.13. The average molecular weight is 397 g/mol. The lowest BCUT2D eigenvalue weighted by Crippen LogP contribution is -2.23. The van der Waals surface area contributed by atoms with Gasteiger partial charge in [0, 0.05) is 11.8 Å².